The monoisotopic (exact) mass is 679 g/mol. The standard InChI is InChI=1S/C28H28ClN3O11P2/c29-20-10-22-21(30-28(31-22)43-24-12-42-25-23(33)11-41-26(24)25)9-19(20)17-5-1-15(2-6-17)16-3-7-18(8-4-16)27(34)32(13-44(35,36)37)14-45(38,39)40/h1-10,23-26,33H,11-14H2,(H,30,31)(H2,35,36,37)(H2,38,39,40)/t23-,24-,25-,26-/m1/s1. The predicted molar refractivity (Wildman–Crippen MR) is 162 cm³/mol. The Bertz CT molecular complexity index is 1800. The number of aliphatic hydroxyl groups excluding tert-OH is 1. The zero-order valence-electron chi connectivity index (χ0n) is 23.3. The van der Waals surface area contributed by atoms with Crippen molar-refractivity contribution < 1.29 is 52.8 Å². The number of imidazole rings is 1. The van der Waals surface area contributed by atoms with Gasteiger partial charge < -0.3 is 48.8 Å². The number of fused-ring (bicyclic) bond motifs is 2. The van der Waals surface area contributed by atoms with Gasteiger partial charge in [-0.3, -0.25) is 13.9 Å². The molecule has 6 rings (SSSR count). The van der Waals surface area contributed by atoms with Gasteiger partial charge in [0.25, 0.3) is 11.9 Å². The fraction of sp³-hybridized carbons (Fsp3) is 0.286. The molecule has 1 aromatic heterocycles. The molecule has 0 aliphatic carbocycles. The van der Waals surface area contributed by atoms with E-state index in [9.17, 15) is 38.6 Å². The number of ether oxygens (including phenoxy) is 3. The predicted octanol–water partition coefficient (Wildman–Crippen LogP) is 3.17. The van der Waals surface area contributed by atoms with Crippen molar-refractivity contribution in [2.45, 2.75) is 24.4 Å². The van der Waals surface area contributed by atoms with E-state index in [1.54, 1.807) is 18.2 Å². The number of aromatic nitrogens is 2. The number of hydrogen-bond donors (Lipinski definition) is 6. The Morgan fingerprint density at radius 3 is 2.11 bits per heavy atom. The number of amides is 1. The Balaban J connectivity index is 1.17. The van der Waals surface area contributed by atoms with E-state index in [2.05, 4.69) is 9.97 Å². The highest BCUT2D eigenvalue weighted by atomic mass is 35.5. The van der Waals surface area contributed by atoms with Crippen LogP contribution in [0.2, 0.25) is 5.02 Å². The van der Waals surface area contributed by atoms with E-state index in [0.717, 1.165) is 22.3 Å². The van der Waals surface area contributed by atoms with E-state index in [4.69, 9.17) is 25.8 Å². The fourth-order valence-corrected chi connectivity index (χ4v) is 7.20. The van der Waals surface area contributed by atoms with Gasteiger partial charge in [0, 0.05) is 11.1 Å². The molecule has 1 amide bonds. The van der Waals surface area contributed by atoms with Crippen molar-refractivity contribution in [2.75, 3.05) is 25.8 Å². The maximum atomic E-state index is 12.8. The second-order valence-electron chi connectivity index (χ2n) is 10.8. The second kappa shape index (κ2) is 12.2. The molecule has 0 spiro atoms. The van der Waals surface area contributed by atoms with Crippen LogP contribution in [0.3, 0.4) is 0 Å². The van der Waals surface area contributed by atoms with Crippen molar-refractivity contribution in [3.05, 3.63) is 71.2 Å². The number of halogens is 1. The Hall–Kier alpha value is -3.13. The highest BCUT2D eigenvalue weighted by molar-refractivity contribution is 7.52. The van der Waals surface area contributed by atoms with Gasteiger partial charge in [0.05, 0.1) is 29.3 Å². The van der Waals surface area contributed by atoms with Crippen LogP contribution in [0.25, 0.3) is 33.3 Å². The number of aromatic amines is 1. The number of hydrogen-bond acceptors (Lipinski definition) is 8. The summed E-state index contributed by atoms with van der Waals surface area (Å²) >= 11 is 6.63. The van der Waals surface area contributed by atoms with Crippen LogP contribution < -0.4 is 4.74 Å². The van der Waals surface area contributed by atoms with Crippen molar-refractivity contribution in [1.29, 1.82) is 0 Å². The molecule has 2 fully saturated rings. The van der Waals surface area contributed by atoms with Gasteiger partial charge in [0.2, 0.25) is 0 Å². The van der Waals surface area contributed by atoms with E-state index in [-0.39, 0.29) is 30.9 Å². The molecule has 0 saturated carbocycles. The van der Waals surface area contributed by atoms with E-state index in [1.807, 2.05) is 30.3 Å². The normalized spacial score (nSPS) is 21.6. The van der Waals surface area contributed by atoms with Crippen LogP contribution in [0.15, 0.2) is 60.7 Å². The molecule has 4 aromatic rings. The lowest BCUT2D eigenvalue weighted by molar-refractivity contribution is 0.00706. The fourth-order valence-electron chi connectivity index (χ4n) is 5.42. The van der Waals surface area contributed by atoms with Gasteiger partial charge >= 0.3 is 15.2 Å². The van der Waals surface area contributed by atoms with Gasteiger partial charge in [-0.1, -0.05) is 48.0 Å². The quantitative estimate of drug-likeness (QED) is 0.141. The number of carbonyl (C=O) groups is 1. The molecular weight excluding hydrogens is 652 g/mol. The first-order valence-electron chi connectivity index (χ1n) is 13.6. The van der Waals surface area contributed by atoms with Crippen molar-refractivity contribution >= 4 is 43.7 Å². The maximum absolute atomic E-state index is 12.8. The lowest BCUT2D eigenvalue weighted by Gasteiger charge is -2.23. The number of nitrogens with zero attached hydrogens (tertiary/aromatic N) is 2. The molecule has 2 aliphatic heterocycles. The zero-order valence-corrected chi connectivity index (χ0v) is 25.8. The van der Waals surface area contributed by atoms with Gasteiger partial charge in [-0.15, -0.1) is 0 Å². The Labute approximate surface area is 260 Å². The summed E-state index contributed by atoms with van der Waals surface area (Å²) in [7, 11) is -9.55. The van der Waals surface area contributed by atoms with Crippen molar-refractivity contribution in [2.24, 2.45) is 0 Å². The summed E-state index contributed by atoms with van der Waals surface area (Å²) in [6, 6.07) is 17.4. The molecule has 4 atom stereocenters. The Morgan fingerprint density at radius 2 is 1.49 bits per heavy atom. The number of aliphatic hydroxyl groups is 1. The second-order valence-corrected chi connectivity index (χ2v) is 14.5. The summed E-state index contributed by atoms with van der Waals surface area (Å²) in [6.07, 6.45) is -4.15. The first kappa shape index (κ1) is 31.8. The summed E-state index contributed by atoms with van der Waals surface area (Å²) in [6.45, 7) is 0.465. The lowest BCUT2D eigenvalue weighted by atomic mass is 9.99. The molecule has 0 radical (unpaired) electrons. The molecule has 3 aromatic carbocycles. The summed E-state index contributed by atoms with van der Waals surface area (Å²) in [5.41, 5.74) is 4.38. The highest BCUT2D eigenvalue weighted by Crippen LogP contribution is 2.41. The van der Waals surface area contributed by atoms with Crippen molar-refractivity contribution in [3.8, 4) is 28.3 Å². The summed E-state index contributed by atoms with van der Waals surface area (Å²) in [4.78, 5) is 58.0. The molecule has 3 heterocycles. The van der Waals surface area contributed by atoms with E-state index < -0.39 is 52.0 Å². The van der Waals surface area contributed by atoms with Crippen LogP contribution in [0.1, 0.15) is 10.4 Å². The average molecular weight is 680 g/mol. The largest absolute Gasteiger partial charge is 0.456 e. The summed E-state index contributed by atoms with van der Waals surface area (Å²) in [5, 5.41) is 10.4. The molecular formula is C28H28ClN3O11P2. The minimum Gasteiger partial charge on any atom is -0.456 e. The summed E-state index contributed by atoms with van der Waals surface area (Å²) < 4.78 is 40.1. The molecule has 14 nitrogen and oxygen atoms in total. The number of H-pyrrole nitrogens is 1. The van der Waals surface area contributed by atoms with Crippen LogP contribution in [-0.2, 0) is 18.6 Å². The van der Waals surface area contributed by atoms with Gasteiger partial charge in [-0.2, -0.15) is 4.98 Å². The van der Waals surface area contributed by atoms with E-state index in [1.165, 1.54) is 12.1 Å². The Morgan fingerprint density at radius 1 is 0.911 bits per heavy atom. The van der Waals surface area contributed by atoms with Crippen LogP contribution in [-0.4, -0.2) is 95.7 Å². The van der Waals surface area contributed by atoms with Crippen LogP contribution in [0.5, 0.6) is 6.01 Å². The van der Waals surface area contributed by atoms with Crippen LogP contribution >= 0.6 is 26.8 Å². The Kier molecular flexibility index (Phi) is 8.66. The number of benzene rings is 3. The van der Waals surface area contributed by atoms with Crippen molar-refractivity contribution in [1.82, 2.24) is 14.9 Å². The molecule has 6 N–H and O–H groups in total. The average Bonchev–Trinajstić information content (AvgIpc) is 3.67. The van der Waals surface area contributed by atoms with Crippen LogP contribution in [0, 0.1) is 0 Å². The smallest absolute Gasteiger partial charge is 0.344 e. The first-order valence-corrected chi connectivity index (χ1v) is 17.6. The molecule has 45 heavy (non-hydrogen) atoms. The van der Waals surface area contributed by atoms with Crippen molar-refractivity contribution in [3.63, 3.8) is 0 Å². The third-order valence-electron chi connectivity index (χ3n) is 7.45. The maximum Gasteiger partial charge on any atom is 0.344 e. The van der Waals surface area contributed by atoms with Gasteiger partial charge in [0.1, 0.15) is 30.9 Å². The number of nitrogens with one attached hydrogen (secondary N) is 1. The molecule has 238 valence electrons. The molecule has 2 aliphatic rings. The third-order valence-corrected chi connectivity index (χ3v) is 9.18. The topological polar surface area (TPSA) is 212 Å². The number of rotatable bonds is 9. The van der Waals surface area contributed by atoms with Crippen LogP contribution in [0.4, 0.5) is 0 Å². The van der Waals surface area contributed by atoms with Gasteiger partial charge in [-0.25, -0.2) is 0 Å². The molecule has 0 unspecified atom stereocenters. The lowest BCUT2D eigenvalue weighted by Crippen LogP contribution is -2.34. The SMILES string of the molecule is O=C(c1ccc(-c2ccc(-c3cc4nc(O[C@@H]5CO[C@H]6[C@@H]5OC[C@H]6O)[nH]c4cc3Cl)cc2)cc1)N(CP(=O)(O)O)CP(=O)(O)O. The molecule has 0 bridgehead atoms. The first-order chi connectivity index (χ1) is 21.2. The van der Waals surface area contributed by atoms with E-state index >= 15 is 0 Å². The summed E-state index contributed by atoms with van der Waals surface area (Å²) in [5.74, 6) is -0.924. The molecule has 17 heteroatoms. The molecule has 2 saturated heterocycles. The van der Waals surface area contributed by atoms with Gasteiger partial charge in [-0.05, 0) is 41.0 Å². The third kappa shape index (κ3) is 7.16. The highest BCUT2D eigenvalue weighted by Gasteiger charge is 2.48. The number of carbonyl (C=O) groups excluding carboxylic acids is 1. The van der Waals surface area contributed by atoms with E-state index in [0.29, 0.717) is 21.0 Å². The minimum atomic E-state index is -4.77. The zero-order chi connectivity index (χ0) is 32.1. The minimum absolute atomic E-state index is 0.00772. The van der Waals surface area contributed by atoms with Gasteiger partial charge in [0.15, 0.2) is 6.10 Å².